The number of carbonyl (C=O) groups is 2. The van der Waals surface area contributed by atoms with Crippen LogP contribution in [0, 0.1) is 6.92 Å². The Bertz CT molecular complexity index is 989. The third-order valence-corrected chi connectivity index (χ3v) is 4.84. The third-order valence-electron chi connectivity index (χ3n) is 4.84. The summed E-state index contributed by atoms with van der Waals surface area (Å²) in [7, 11) is 0. The van der Waals surface area contributed by atoms with Gasteiger partial charge in [0.05, 0.1) is 5.69 Å². The van der Waals surface area contributed by atoms with Crippen molar-refractivity contribution in [2.45, 2.75) is 19.8 Å². The SMILES string of the molecule is Cc1ccc(-c2ccc(NC(=O)c3ccccc3)c3c2CCC3=O)cc1. The molecule has 128 valence electrons. The van der Waals surface area contributed by atoms with E-state index in [9.17, 15) is 9.59 Å². The molecule has 1 N–H and O–H groups in total. The highest BCUT2D eigenvalue weighted by molar-refractivity contribution is 6.12. The monoisotopic (exact) mass is 341 g/mol. The fourth-order valence-electron chi connectivity index (χ4n) is 3.48. The van der Waals surface area contributed by atoms with Gasteiger partial charge in [-0.05, 0) is 48.2 Å². The molecule has 0 bridgehead atoms. The van der Waals surface area contributed by atoms with Gasteiger partial charge in [-0.15, -0.1) is 0 Å². The number of anilines is 1. The van der Waals surface area contributed by atoms with Crippen molar-refractivity contribution in [2.75, 3.05) is 5.32 Å². The van der Waals surface area contributed by atoms with E-state index < -0.39 is 0 Å². The number of hydrogen-bond donors (Lipinski definition) is 1. The molecule has 0 unspecified atom stereocenters. The van der Waals surface area contributed by atoms with Gasteiger partial charge in [0.1, 0.15) is 0 Å². The number of carbonyl (C=O) groups excluding carboxylic acids is 2. The minimum Gasteiger partial charge on any atom is -0.321 e. The largest absolute Gasteiger partial charge is 0.321 e. The van der Waals surface area contributed by atoms with Crippen molar-refractivity contribution in [3.63, 3.8) is 0 Å². The summed E-state index contributed by atoms with van der Waals surface area (Å²) in [6.07, 6.45) is 1.21. The average Bonchev–Trinajstić information content (AvgIpc) is 3.06. The Hall–Kier alpha value is -3.20. The summed E-state index contributed by atoms with van der Waals surface area (Å²) in [4.78, 5) is 25.0. The molecule has 3 heteroatoms. The van der Waals surface area contributed by atoms with E-state index in [2.05, 4.69) is 36.5 Å². The number of benzene rings is 3. The van der Waals surface area contributed by atoms with Crippen molar-refractivity contribution in [3.05, 3.63) is 89.0 Å². The Kier molecular flexibility index (Phi) is 4.13. The zero-order chi connectivity index (χ0) is 18.1. The van der Waals surface area contributed by atoms with Crippen LogP contribution >= 0.6 is 0 Å². The minimum absolute atomic E-state index is 0.0947. The lowest BCUT2D eigenvalue weighted by Crippen LogP contribution is -2.14. The normalized spacial score (nSPS) is 12.7. The van der Waals surface area contributed by atoms with E-state index >= 15 is 0 Å². The Morgan fingerprint density at radius 3 is 2.35 bits per heavy atom. The van der Waals surface area contributed by atoms with Crippen LogP contribution < -0.4 is 5.32 Å². The van der Waals surface area contributed by atoms with Gasteiger partial charge >= 0.3 is 0 Å². The summed E-state index contributed by atoms with van der Waals surface area (Å²) in [5.74, 6) is -0.104. The molecular formula is C23H19NO2. The molecule has 26 heavy (non-hydrogen) atoms. The van der Waals surface area contributed by atoms with Crippen LogP contribution in [0.4, 0.5) is 5.69 Å². The lowest BCUT2D eigenvalue weighted by molar-refractivity contribution is 0.0995. The van der Waals surface area contributed by atoms with Crippen LogP contribution in [0.15, 0.2) is 66.7 Å². The van der Waals surface area contributed by atoms with Crippen LogP contribution in [-0.4, -0.2) is 11.7 Å². The number of ketones is 1. The van der Waals surface area contributed by atoms with Gasteiger partial charge in [0.2, 0.25) is 0 Å². The van der Waals surface area contributed by atoms with Crippen molar-refractivity contribution in [3.8, 4) is 11.1 Å². The number of hydrogen-bond acceptors (Lipinski definition) is 2. The Balaban J connectivity index is 1.74. The summed E-state index contributed by atoms with van der Waals surface area (Å²) in [6.45, 7) is 2.06. The van der Waals surface area contributed by atoms with Gasteiger partial charge in [0.25, 0.3) is 5.91 Å². The van der Waals surface area contributed by atoms with Crippen molar-refractivity contribution in [1.29, 1.82) is 0 Å². The Morgan fingerprint density at radius 1 is 0.885 bits per heavy atom. The topological polar surface area (TPSA) is 46.2 Å². The molecule has 1 amide bonds. The van der Waals surface area contributed by atoms with Gasteiger partial charge < -0.3 is 5.32 Å². The molecule has 3 nitrogen and oxygen atoms in total. The Morgan fingerprint density at radius 2 is 1.62 bits per heavy atom. The third kappa shape index (κ3) is 2.93. The van der Waals surface area contributed by atoms with E-state index in [4.69, 9.17) is 0 Å². The van der Waals surface area contributed by atoms with E-state index in [1.54, 1.807) is 12.1 Å². The van der Waals surface area contributed by atoms with Gasteiger partial charge in [-0.2, -0.15) is 0 Å². The zero-order valence-corrected chi connectivity index (χ0v) is 14.6. The first kappa shape index (κ1) is 16.3. The van der Waals surface area contributed by atoms with E-state index in [1.807, 2.05) is 30.3 Å². The lowest BCUT2D eigenvalue weighted by Gasteiger charge is -2.14. The predicted octanol–water partition coefficient (Wildman–Crippen LogP) is 5.04. The van der Waals surface area contributed by atoms with Gasteiger partial charge in [0, 0.05) is 17.5 Å². The predicted molar refractivity (Wildman–Crippen MR) is 104 cm³/mol. The van der Waals surface area contributed by atoms with Gasteiger partial charge in [-0.1, -0.05) is 54.1 Å². The quantitative estimate of drug-likeness (QED) is 0.725. The maximum Gasteiger partial charge on any atom is 0.255 e. The molecule has 0 radical (unpaired) electrons. The van der Waals surface area contributed by atoms with Crippen LogP contribution in [-0.2, 0) is 6.42 Å². The number of fused-ring (bicyclic) bond motifs is 1. The molecular weight excluding hydrogens is 322 g/mol. The molecule has 1 aliphatic carbocycles. The van der Waals surface area contributed by atoms with Crippen molar-refractivity contribution in [1.82, 2.24) is 0 Å². The molecule has 0 aliphatic heterocycles. The summed E-state index contributed by atoms with van der Waals surface area (Å²) < 4.78 is 0. The maximum absolute atomic E-state index is 12.5. The van der Waals surface area contributed by atoms with Gasteiger partial charge in [-0.25, -0.2) is 0 Å². The molecule has 3 aromatic rings. The molecule has 0 fully saturated rings. The first-order chi connectivity index (χ1) is 12.6. The zero-order valence-electron chi connectivity index (χ0n) is 14.6. The molecule has 1 aliphatic rings. The highest BCUT2D eigenvalue weighted by Crippen LogP contribution is 2.37. The van der Waals surface area contributed by atoms with Gasteiger partial charge in [-0.3, -0.25) is 9.59 Å². The molecule has 0 aromatic heterocycles. The minimum atomic E-state index is -0.199. The van der Waals surface area contributed by atoms with E-state index in [-0.39, 0.29) is 11.7 Å². The summed E-state index contributed by atoms with van der Waals surface area (Å²) in [5, 5.41) is 2.92. The Labute approximate surface area is 152 Å². The fourth-order valence-corrected chi connectivity index (χ4v) is 3.48. The highest BCUT2D eigenvalue weighted by atomic mass is 16.1. The van der Waals surface area contributed by atoms with Crippen LogP contribution in [0.5, 0.6) is 0 Å². The van der Waals surface area contributed by atoms with Crippen LogP contribution in [0.3, 0.4) is 0 Å². The average molecular weight is 341 g/mol. The van der Waals surface area contributed by atoms with E-state index in [0.29, 0.717) is 29.7 Å². The van der Waals surface area contributed by atoms with Crippen molar-refractivity contribution >= 4 is 17.4 Å². The molecule has 3 aromatic carbocycles. The first-order valence-corrected chi connectivity index (χ1v) is 8.76. The van der Waals surface area contributed by atoms with E-state index in [0.717, 1.165) is 16.7 Å². The van der Waals surface area contributed by atoms with Crippen LogP contribution in [0.1, 0.15) is 38.3 Å². The molecule has 0 atom stereocenters. The fraction of sp³-hybridized carbons (Fsp3) is 0.130. The molecule has 0 saturated carbocycles. The van der Waals surface area contributed by atoms with Gasteiger partial charge in [0.15, 0.2) is 5.78 Å². The number of rotatable bonds is 3. The second-order valence-electron chi connectivity index (χ2n) is 6.62. The summed E-state index contributed by atoms with van der Waals surface area (Å²) in [6, 6.07) is 21.2. The van der Waals surface area contributed by atoms with Crippen LogP contribution in [0.2, 0.25) is 0 Å². The maximum atomic E-state index is 12.5. The second kappa shape index (κ2) is 6.60. The standard InChI is InChI=1S/C23H19NO2/c1-15-7-9-16(10-8-15)18-11-13-20(22-19(18)12-14-21(22)25)24-23(26)17-5-3-2-4-6-17/h2-11,13H,12,14H2,1H3,(H,24,26). The summed E-state index contributed by atoms with van der Waals surface area (Å²) in [5.41, 5.74) is 6.25. The molecule has 4 rings (SSSR count). The number of aryl methyl sites for hydroxylation is 1. The molecule has 0 saturated heterocycles. The lowest BCUT2D eigenvalue weighted by atomic mass is 9.95. The van der Waals surface area contributed by atoms with Crippen molar-refractivity contribution < 1.29 is 9.59 Å². The number of Topliss-reactive ketones (excluding diaryl/α,β-unsaturated/α-hetero) is 1. The number of nitrogens with one attached hydrogen (secondary N) is 1. The molecule has 0 spiro atoms. The van der Waals surface area contributed by atoms with Crippen molar-refractivity contribution in [2.24, 2.45) is 0 Å². The van der Waals surface area contributed by atoms with Crippen LogP contribution in [0.25, 0.3) is 11.1 Å². The second-order valence-corrected chi connectivity index (χ2v) is 6.62. The first-order valence-electron chi connectivity index (χ1n) is 8.76. The molecule has 0 heterocycles. The summed E-state index contributed by atoms with van der Waals surface area (Å²) >= 11 is 0. The highest BCUT2D eigenvalue weighted by Gasteiger charge is 2.27. The smallest absolute Gasteiger partial charge is 0.255 e. The van der Waals surface area contributed by atoms with E-state index in [1.165, 1.54) is 5.56 Å². The number of amides is 1.